The van der Waals surface area contributed by atoms with Gasteiger partial charge in [0, 0.05) is 45.0 Å². The molecule has 1 aromatic rings. The van der Waals surface area contributed by atoms with Gasteiger partial charge in [0.2, 0.25) is 5.91 Å². The fraction of sp³-hybridized carbons (Fsp3) is 0.667. The van der Waals surface area contributed by atoms with Crippen LogP contribution in [0.4, 0.5) is 0 Å². The third kappa shape index (κ3) is 3.99. The molecule has 28 heavy (non-hydrogen) atoms. The van der Waals surface area contributed by atoms with Gasteiger partial charge in [0.15, 0.2) is 0 Å². The van der Waals surface area contributed by atoms with E-state index in [-0.39, 0.29) is 22.9 Å². The molecule has 3 aliphatic rings. The van der Waals surface area contributed by atoms with Crippen molar-refractivity contribution in [1.82, 2.24) is 19.7 Å². The highest BCUT2D eigenvalue weighted by Crippen LogP contribution is 2.26. The van der Waals surface area contributed by atoms with Crippen LogP contribution in [0.3, 0.4) is 0 Å². The normalized spacial score (nSPS) is 24.5. The predicted molar refractivity (Wildman–Crippen MR) is 106 cm³/mol. The van der Waals surface area contributed by atoms with Gasteiger partial charge in [-0.1, -0.05) is 0 Å². The number of likely N-dealkylation sites (tertiary alicyclic amines) is 3. The first-order valence-corrected chi connectivity index (χ1v) is 10.6. The molecule has 7 nitrogen and oxygen atoms in total. The van der Waals surface area contributed by atoms with Crippen LogP contribution in [0.2, 0.25) is 0 Å². The van der Waals surface area contributed by atoms with Crippen LogP contribution >= 0.6 is 0 Å². The molecule has 0 unspecified atom stereocenters. The molecule has 4 heterocycles. The van der Waals surface area contributed by atoms with E-state index in [0.29, 0.717) is 25.0 Å². The lowest BCUT2D eigenvalue weighted by molar-refractivity contribution is -0.136. The maximum atomic E-state index is 12.8. The summed E-state index contributed by atoms with van der Waals surface area (Å²) in [4.78, 5) is 46.2. The second kappa shape index (κ2) is 8.47. The van der Waals surface area contributed by atoms with Gasteiger partial charge in [-0.2, -0.15) is 0 Å². The van der Waals surface area contributed by atoms with Gasteiger partial charge < -0.3 is 14.8 Å². The predicted octanol–water partition coefficient (Wildman–Crippen LogP) is 1.31. The summed E-state index contributed by atoms with van der Waals surface area (Å²) in [5, 5.41) is 0. The average molecular weight is 386 g/mol. The van der Waals surface area contributed by atoms with Crippen molar-refractivity contribution in [2.24, 2.45) is 5.92 Å². The largest absolute Gasteiger partial charge is 0.342 e. The number of carbonyl (C=O) groups is 2. The maximum Gasteiger partial charge on any atom is 0.260 e. The first kappa shape index (κ1) is 19.2. The minimum Gasteiger partial charge on any atom is -0.342 e. The molecule has 2 amide bonds. The Balaban J connectivity index is 1.32. The zero-order valence-corrected chi connectivity index (χ0v) is 16.4. The van der Waals surface area contributed by atoms with E-state index in [0.717, 1.165) is 64.7 Å². The first-order chi connectivity index (χ1) is 13.6. The number of H-pyrrole nitrogens is 1. The summed E-state index contributed by atoms with van der Waals surface area (Å²) >= 11 is 0. The van der Waals surface area contributed by atoms with Crippen LogP contribution in [0.15, 0.2) is 23.1 Å². The van der Waals surface area contributed by atoms with E-state index < -0.39 is 0 Å². The van der Waals surface area contributed by atoms with E-state index in [2.05, 4.69) is 9.88 Å². The molecular formula is C21H30N4O3. The second-order valence-corrected chi connectivity index (χ2v) is 8.30. The topological polar surface area (TPSA) is 76.7 Å². The lowest BCUT2D eigenvalue weighted by atomic mass is 9.92. The number of piperidine rings is 2. The van der Waals surface area contributed by atoms with Crippen LogP contribution in [0.5, 0.6) is 0 Å². The average Bonchev–Trinajstić information content (AvgIpc) is 3.28. The van der Waals surface area contributed by atoms with Crippen molar-refractivity contribution in [3.63, 3.8) is 0 Å². The monoisotopic (exact) mass is 386 g/mol. The summed E-state index contributed by atoms with van der Waals surface area (Å²) in [5.74, 6) is 0.300. The number of amides is 2. The van der Waals surface area contributed by atoms with E-state index in [4.69, 9.17) is 0 Å². The van der Waals surface area contributed by atoms with E-state index in [1.807, 2.05) is 4.90 Å². The highest BCUT2D eigenvalue weighted by Gasteiger charge is 2.35. The Morgan fingerprint density at radius 1 is 0.929 bits per heavy atom. The number of nitrogens with zero attached hydrogens (tertiary/aromatic N) is 3. The zero-order chi connectivity index (χ0) is 19.5. The summed E-state index contributed by atoms with van der Waals surface area (Å²) in [6.07, 6.45) is 7.70. The molecule has 0 saturated carbocycles. The molecular weight excluding hydrogens is 356 g/mol. The van der Waals surface area contributed by atoms with Crippen LogP contribution in [0.25, 0.3) is 0 Å². The molecule has 152 valence electrons. The smallest absolute Gasteiger partial charge is 0.260 e. The highest BCUT2D eigenvalue weighted by atomic mass is 16.2. The fourth-order valence-electron chi connectivity index (χ4n) is 4.93. The quantitative estimate of drug-likeness (QED) is 0.850. The lowest BCUT2D eigenvalue weighted by Gasteiger charge is -2.42. The molecule has 1 aromatic heterocycles. The first-order valence-electron chi connectivity index (χ1n) is 10.6. The van der Waals surface area contributed by atoms with Gasteiger partial charge in [0.05, 0.1) is 5.92 Å². The Hall–Kier alpha value is -2.15. The third-order valence-electron chi connectivity index (χ3n) is 6.54. The number of nitrogens with one attached hydrogen (secondary N) is 1. The van der Waals surface area contributed by atoms with Gasteiger partial charge in [-0.05, 0) is 57.2 Å². The molecule has 3 aliphatic heterocycles. The number of carbonyl (C=O) groups excluding carboxylic acids is 2. The second-order valence-electron chi connectivity index (χ2n) is 8.30. The van der Waals surface area contributed by atoms with Crippen LogP contribution < -0.4 is 5.56 Å². The summed E-state index contributed by atoms with van der Waals surface area (Å²) in [7, 11) is 0. The van der Waals surface area contributed by atoms with Crippen molar-refractivity contribution in [3.05, 3.63) is 34.2 Å². The van der Waals surface area contributed by atoms with E-state index in [1.165, 1.54) is 0 Å². The number of aromatic nitrogens is 1. The van der Waals surface area contributed by atoms with Crippen LogP contribution in [0.1, 0.15) is 48.9 Å². The molecule has 3 saturated heterocycles. The van der Waals surface area contributed by atoms with Crippen molar-refractivity contribution in [1.29, 1.82) is 0 Å². The molecule has 1 N–H and O–H groups in total. The van der Waals surface area contributed by atoms with Gasteiger partial charge in [-0.15, -0.1) is 0 Å². The minimum atomic E-state index is -0.325. The number of hydrogen-bond acceptors (Lipinski definition) is 4. The zero-order valence-electron chi connectivity index (χ0n) is 16.4. The maximum absolute atomic E-state index is 12.8. The van der Waals surface area contributed by atoms with E-state index in [1.54, 1.807) is 23.2 Å². The summed E-state index contributed by atoms with van der Waals surface area (Å²) < 4.78 is 0. The molecule has 0 aliphatic carbocycles. The Morgan fingerprint density at radius 3 is 2.39 bits per heavy atom. The van der Waals surface area contributed by atoms with Crippen molar-refractivity contribution >= 4 is 11.8 Å². The molecule has 0 radical (unpaired) electrons. The van der Waals surface area contributed by atoms with Gasteiger partial charge in [-0.25, -0.2) is 0 Å². The SMILES string of the molecule is O=C(c1ccc[nH]c1=O)N1CCC(N2CCC[C@@H](C(=O)N3CCCC3)C2)CC1. The van der Waals surface area contributed by atoms with Gasteiger partial charge >= 0.3 is 0 Å². The molecule has 0 spiro atoms. The number of aromatic amines is 1. The van der Waals surface area contributed by atoms with Crippen LogP contribution in [-0.4, -0.2) is 76.8 Å². The van der Waals surface area contributed by atoms with Crippen molar-refractivity contribution in [2.45, 2.75) is 44.6 Å². The molecule has 0 aromatic carbocycles. The van der Waals surface area contributed by atoms with Crippen LogP contribution in [0, 0.1) is 5.92 Å². The van der Waals surface area contributed by atoms with Crippen molar-refractivity contribution in [3.8, 4) is 0 Å². The Bertz CT molecular complexity index is 763. The standard InChI is InChI=1S/C21H30N4O3/c26-19-18(6-3-9-22-19)21(28)24-13-7-17(8-14-24)25-12-4-5-16(15-25)20(27)23-10-1-2-11-23/h3,6,9,16-17H,1-2,4-5,7-8,10-15H2,(H,22,26)/t16-/m1/s1. The Morgan fingerprint density at radius 2 is 1.68 bits per heavy atom. The van der Waals surface area contributed by atoms with Crippen molar-refractivity contribution in [2.75, 3.05) is 39.3 Å². The third-order valence-corrected chi connectivity index (χ3v) is 6.54. The summed E-state index contributed by atoms with van der Waals surface area (Å²) in [5.41, 5.74) is -0.107. The Labute approximate surface area is 165 Å². The molecule has 0 bridgehead atoms. The number of rotatable bonds is 3. The minimum absolute atomic E-state index is 0.134. The van der Waals surface area contributed by atoms with E-state index in [9.17, 15) is 14.4 Å². The van der Waals surface area contributed by atoms with Gasteiger partial charge in [0.1, 0.15) is 5.56 Å². The van der Waals surface area contributed by atoms with Crippen molar-refractivity contribution < 1.29 is 9.59 Å². The van der Waals surface area contributed by atoms with Crippen LogP contribution in [-0.2, 0) is 4.79 Å². The fourth-order valence-corrected chi connectivity index (χ4v) is 4.93. The summed E-state index contributed by atoms with van der Waals surface area (Å²) in [6, 6.07) is 3.70. The number of pyridine rings is 1. The van der Waals surface area contributed by atoms with E-state index >= 15 is 0 Å². The lowest BCUT2D eigenvalue weighted by Crippen LogP contribution is -2.52. The molecule has 1 atom stereocenters. The highest BCUT2D eigenvalue weighted by molar-refractivity contribution is 5.93. The van der Waals surface area contributed by atoms with Gasteiger partial charge in [-0.3, -0.25) is 19.3 Å². The molecule has 4 rings (SSSR count). The van der Waals surface area contributed by atoms with Gasteiger partial charge in [0.25, 0.3) is 11.5 Å². The molecule has 3 fully saturated rings. The summed E-state index contributed by atoms with van der Waals surface area (Å²) in [6.45, 7) is 5.08. The Kier molecular flexibility index (Phi) is 5.80. The number of hydrogen-bond donors (Lipinski definition) is 1. The molecule has 7 heteroatoms.